The maximum Gasteiger partial charge on any atom is 0.255 e. The number of nitrogens with one attached hydrogen (secondary N) is 2. The van der Waals surface area contributed by atoms with Crippen LogP contribution in [0.3, 0.4) is 0 Å². The molecule has 3 rings (SSSR count). The highest BCUT2D eigenvalue weighted by Gasteiger charge is 2.23. The Hall–Kier alpha value is -2.66. The van der Waals surface area contributed by atoms with Crippen molar-refractivity contribution in [3.8, 4) is 0 Å². The van der Waals surface area contributed by atoms with Crippen LogP contribution in [0, 0.1) is 0 Å². The van der Waals surface area contributed by atoms with E-state index in [-0.39, 0.29) is 11.8 Å². The maximum absolute atomic E-state index is 12.6. The number of rotatable bonds is 8. The summed E-state index contributed by atoms with van der Waals surface area (Å²) in [6.07, 6.45) is 5.94. The Morgan fingerprint density at radius 2 is 1.86 bits per heavy atom. The number of anilines is 2. The van der Waals surface area contributed by atoms with Crippen molar-refractivity contribution in [3.05, 3.63) is 59.7 Å². The fraction of sp³-hybridized carbons (Fsp3) is 0.391. The van der Waals surface area contributed by atoms with Crippen molar-refractivity contribution in [2.75, 3.05) is 17.2 Å². The van der Waals surface area contributed by atoms with Crippen molar-refractivity contribution < 1.29 is 14.3 Å². The van der Waals surface area contributed by atoms with E-state index in [0.717, 1.165) is 24.9 Å². The molecule has 5 heteroatoms. The van der Waals surface area contributed by atoms with E-state index in [1.807, 2.05) is 12.1 Å². The van der Waals surface area contributed by atoms with Crippen molar-refractivity contribution in [3.63, 3.8) is 0 Å². The molecule has 1 heterocycles. The summed E-state index contributed by atoms with van der Waals surface area (Å²) in [6.45, 7) is 2.82. The van der Waals surface area contributed by atoms with Gasteiger partial charge >= 0.3 is 0 Å². The molecular weight excluding hydrogens is 352 g/mol. The first-order chi connectivity index (χ1) is 13.7. The molecule has 2 amide bonds. The fourth-order valence-corrected chi connectivity index (χ4v) is 3.28. The molecule has 2 N–H and O–H groups in total. The van der Waals surface area contributed by atoms with Gasteiger partial charge in [-0.1, -0.05) is 38.0 Å². The second-order valence-electron chi connectivity index (χ2n) is 7.18. The first-order valence-corrected chi connectivity index (χ1v) is 10.1. The lowest BCUT2D eigenvalue weighted by Gasteiger charge is -2.12. The first-order valence-electron chi connectivity index (χ1n) is 10.1. The summed E-state index contributed by atoms with van der Waals surface area (Å²) in [6, 6.07) is 14.9. The van der Waals surface area contributed by atoms with Crippen LogP contribution >= 0.6 is 0 Å². The van der Waals surface area contributed by atoms with Crippen molar-refractivity contribution in [2.45, 2.75) is 51.6 Å². The predicted octanol–water partition coefficient (Wildman–Crippen LogP) is 4.79. The first kappa shape index (κ1) is 20.1. The maximum atomic E-state index is 12.6. The minimum absolute atomic E-state index is 0.159. The molecule has 0 radical (unpaired) electrons. The van der Waals surface area contributed by atoms with Gasteiger partial charge in [-0.25, -0.2) is 0 Å². The molecule has 1 fully saturated rings. The Balaban J connectivity index is 1.57. The summed E-state index contributed by atoms with van der Waals surface area (Å²) in [5.41, 5.74) is 3.14. The van der Waals surface area contributed by atoms with Gasteiger partial charge in [-0.05, 0) is 61.6 Å². The average Bonchev–Trinajstić information content (AvgIpc) is 3.25. The molecule has 0 aliphatic carbocycles. The molecule has 0 bridgehead atoms. The standard InChI is InChI=1S/C23H28N2O3/c1-2-3-4-7-17-11-13-19(14-12-17)24-22(26)18-8-5-9-20(16-18)25-23(27)21-10-6-15-28-21/h5,8-9,11-14,16,21H,2-4,6-7,10,15H2,1H3,(H,24,26)(H,25,27)/t21-/m1/s1. The van der Waals surface area contributed by atoms with Gasteiger partial charge in [0.25, 0.3) is 11.8 Å². The molecular formula is C23H28N2O3. The lowest BCUT2D eigenvalue weighted by atomic mass is 10.1. The van der Waals surface area contributed by atoms with E-state index in [1.54, 1.807) is 24.3 Å². The van der Waals surface area contributed by atoms with Gasteiger partial charge in [-0.15, -0.1) is 0 Å². The van der Waals surface area contributed by atoms with E-state index >= 15 is 0 Å². The third kappa shape index (κ3) is 5.67. The number of aryl methyl sites for hydroxylation is 1. The third-order valence-electron chi connectivity index (χ3n) is 4.90. The van der Waals surface area contributed by atoms with Crippen LogP contribution in [-0.2, 0) is 16.0 Å². The fourth-order valence-electron chi connectivity index (χ4n) is 3.28. The molecule has 5 nitrogen and oxygen atoms in total. The van der Waals surface area contributed by atoms with Gasteiger partial charge in [0.15, 0.2) is 0 Å². The van der Waals surface area contributed by atoms with Crippen LogP contribution in [0.25, 0.3) is 0 Å². The van der Waals surface area contributed by atoms with Crippen LogP contribution in [0.5, 0.6) is 0 Å². The van der Waals surface area contributed by atoms with Crippen molar-refractivity contribution in [1.82, 2.24) is 0 Å². The zero-order valence-corrected chi connectivity index (χ0v) is 16.4. The molecule has 0 unspecified atom stereocenters. The summed E-state index contributed by atoms with van der Waals surface area (Å²) in [5.74, 6) is -0.360. The minimum atomic E-state index is -0.395. The number of ether oxygens (including phenoxy) is 1. The number of carbonyl (C=O) groups excluding carboxylic acids is 2. The van der Waals surface area contributed by atoms with E-state index in [1.165, 1.54) is 24.8 Å². The second kappa shape index (κ2) is 10.0. The van der Waals surface area contributed by atoms with Crippen LogP contribution in [0.15, 0.2) is 48.5 Å². The van der Waals surface area contributed by atoms with Gasteiger partial charge in [-0.3, -0.25) is 9.59 Å². The zero-order chi connectivity index (χ0) is 19.8. The number of unbranched alkanes of at least 4 members (excludes halogenated alkanes) is 2. The van der Waals surface area contributed by atoms with Gasteiger partial charge in [0.2, 0.25) is 0 Å². The molecule has 2 aromatic rings. The highest BCUT2D eigenvalue weighted by molar-refractivity contribution is 6.05. The molecule has 0 spiro atoms. The van der Waals surface area contributed by atoms with E-state index < -0.39 is 6.10 Å². The van der Waals surface area contributed by atoms with Gasteiger partial charge in [0.05, 0.1) is 0 Å². The topological polar surface area (TPSA) is 67.4 Å². The Morgan fingerprint density at radius 1 is 1.04 bits per heavy atom. The Bertz CT molecular complexity index is 796. The summed E-state index contributed by atoms with van der Waals surface area (Å²) in [7, 11) is 0. The van der Waals surface area contributed by atoms with Gasteiger partial charge in [-0.2, -0.15) is 0 Å². The van der Waals surface area contributed by atoms with E-state index in [4.69, 9.17) is 4.74 Å². The van der Waals surface area contributed by atoms with E-state index in [2.05, 4.69) is 29.7 Å². The normalized spacial score (nSPS) is 16.0. The molecule has 1 saturated heterocycles. The lowest BCUT2D eigenvalue weighted by molar-refractivity contribution is -0.124. The average molecular weight is 380 g/mol. The highest BCUT2D eigenvalue weighted by Crippen LogP contribution is 2.18. The van der Waals surface area contributed by atoms with Crippen LogP contribution in [0.2, 0.25) is 0 Å². The number of hydrogen-bond donors (Lipinski definition) is 2. The molecule has 1 atom stereocenters. The molecule has 1 aliphatic rings. The van der Waals surface area contributed by atoms with E-state index in [9.17, 15) is 9.59 Å². The molecule has 1 aliphatic heterocycles. The van der Waals surface area contributed by atoms with Crippen LogP contribution in [0.1, 0.15) is 54.9 Å². The molecule has 0 saturated carbocycles. The van der Waals surface area contributed by atoms with Crippen molar-refractivity contribution in [2.24, 2.45) is 0 Å². The number of hydrogen-bond acceptors (Lipinski definition) is 3. The zero-order valence-electron chi connectivity index (χ0n) is 16.4. The smallest absolute Gasteiger partial charge is 0.255 e. The van der Waals surface area contributed by atoms with Crippen LogP contribution < -0.4 is 10.6 Å². The summed E-state index contributed by atoms with van der Waals surface area (Å²) in [4.78, 5) is 24.7. The summed E-state index contributed by atoms with van der Waals surface area (Å²) in [5, 5.41) is 5.74. The van der Waals surface area contributed by atoms with Gasteiger partial charge in [0.1, 0.15) is 6.10 Å². The Labute approximate surface area is 166 Å². The SMILES string of the molecule is CCCCCc1ccc(NC(=O)c2cccc(NC(=O)[C@H]3CCCO3)c2)cc1. The summed E-state index contributed by atoms with van der Waals surface area (Å²) < 4.78 is 5.39. The van der Waals surface area contributed by atoms with Crippen LogP contribution in [-0.4, -0.2) is 24.5 Å². The number of benzene rings is 2. The van der Waals surface area contributed by atoms with Gasteiger partial charge in [0, 0.05) is 23.5 Å². The molecule has 0 aromatic heterocycles. The largest absolute Gasteiger partial charge is 0.368 e. The van der Waals surface area contributed by atoms with Crippen molar-refractivity contribution in [1.29, 1.82) is 0 Å². The Morgan fingerprint density at radius 3 is 2.57 bits per heavy atom. The third-order valence-corrected chi connectivity index (χ3v) is 4.90. The number of carbonyl (C=O) groups is 2. The minimum Gasteiger partial charge on any atom is -0.368 e. The highest BCUT2D eigenvalue weighted by atomic mass is 16.5. The van der Waals surface area contributed by atoms with Crippen molar-refractivity contribution >= 4 is 23.2 Å². The molecule has 2 aromatic carbocycles. The Kier molecular flexibility index (Phi) is 7.20. The molecule has 148 valence electrons. The van der Waals surface area contributed by atoms with E-state index in [0.29, 0.717) is 17.9 Å². The summed E-state index contributed by atoms with van der Waals surface area (Å²) >= 11 is 0. The van der Waals surface area contributed by atoms with Gasteiger partial charge < -0.3 is 15.4 Å². The lowest BCUT2D eigenvalue weighted by Crippen LogP contribution is -2.27. The quantitative estimate of drug-likeness (QED) is 0.647. The second-order valence-corrected chi connectivity index (χ2v) is 7.18. The monoisotopic (exact) mass is 380 g/mol. The predicted molar refractivity (Wildman–Crippen MR) is 112 cm³/mol. The van der Waals surface area contributed by atoms with Crippen LogP contribution in [0.4, 0.5) is 11.4 Å². The molecule has 28 heavy (non-hydrogen) atoms. The number of amides is 2.